The number of benzene rings is 1. The number of halogens is 1. The topological polar surface area (TPSA) is 92.8 Å². The molecule has 2 fully saturated rings. The normalized spacial score (nSPS) is 21.3. The van der Waals surface area contributed by atoms with E-state index in [2.05, 4.69) is 5.32 Å². The molecule has 1 saturated heterocycles. The Bertz CT molecular complexity index is 897. The maximum Gasteiger partial charge on any atom is 0.338 e. The molecule has 172 valence electrons. The van der Waals surface area contributed by atoms with Crippen LogP contribution in [0.2, 0.25) is 5.02 Å². The summed E-state index contributed by atoms with van der Waals surface area (Å²) < 4.78 is 32.7. The van der Waals surface area contributed by atoms with E-state index in [1.807, 2.05) is 6.92 Å². The van der Waals surface area contributed by atoms with Crippen LogP contribution in [0.25, 0.3) is 0 Å². The van der Waals surface area contributed by atoms with E-state index in [1.54, 1.807) is 0 Å². The summed E-state index contributed by atoms with van der Waals surface area (Å²) in [5.41, 5.74) is 0.0512. The summed E-state index contributed by atoms with van der Waals surface area (Å²) in [5, 5.41) is 2.97. The molecule has 0 aromatic heterocycles. The van der Waals surface area contributed by atoms with Crippen LogP contribution in [0.15, 0.2) is 23.1 Å². The third-order valence-corrected chi connectivity index (χ3v) is 8.31. The van der Waals surface area contributed by atoms with E-state index < -0.39 is 22.6 Å². The molecule has 9 heteroatoms. The molecule has 2 aliphatic rings. The van der Waals surface area contributed by atoms with Gasteiger partial charge in [-0.1, -0.05) is 44.2 Å². The lowest BCUT2D eigenvalue weighted by atomic mass is 10.0. The Morgan fingerprint density at radius 1 is 1.13 bits per heavy atom. The van der Waals surface area contributed by atoms with E-state index in [0.717, 1.165) is 38.5 Å². The number of piperidine rings is 1. The van der Waals surface area contributed by atoms with Crippen LogP contribution in [-0.2, 0) is 19.6 Å². The van der Waals surface area contributed by atoms with Gasteiger partial charge in [-0.25, -0.2) is 13.2 Å². The number of hydrogen-bond donors (Lipinski definition) is 1. The standard InChI is InChI=1S/C22H31ClN2O5S/c1-16-7-6-12-25(14-16)31(28,29)20-13-17(10-11-19(20)23)22(27)30-15-21(26)24-18-8-4-2-3-5-9-18/h10-11,13,16,18H,2-9,12,14-15H2,1H3,(H,24,26). The SMILES string of the molecule is CC1CCCN(S(=O)(=O)c2cc(C(=O)OCC(=O)NC3CCCCCC3)ccc2Cl)C1. The highest BCUT2D eigenvalue weighted by atomic mass is 35.5. The fourth-order valence-electron chi connectivity index (χ4n) is 4.24. The first-order valence-corrected chi connectivity index (χ1v) is 12.9. The van der Waals surface area contributed by atoms with Crippen LogP contribution >= 0.6 is 11.6 Å². The van der Waals surface area contributed by atoms with Gasteiger partial charge in [0, 0.05) is 19.1 Å². The van der Waals surface area contributed by atoms with Gasteiger partial charge >= 0.3 is 5.97 Å². The second kappa shape index (κ2) is 10.8. The first-order valence-electron chi connectivity index (χ1n) is 11.0. The van der Waals surface area contributed by atoms with Crippen LogP contribution in [0, 0.1) is 5.92 Å². The molecule has 7 nitrogen and oxygen atoms in total. The summed E-state index contributed by atoms with van der Waals surface area (Å²) in [4.78, 5) is 24.5. The highest BCUT2D eigenvalue weighted by molar-refractivity contribution is 7.89. The summed E-state index contributed by atoms with van der Waals surface area (Å²) in [7, 11) is -3.82. The molecule has 31 heavy (non-hydrogen) atoms. The first kappa shape index (κ1) is 24.0. The molecule has 1 heterocycles. The van der Waals surface area contributed by atoms with Gasteiger partial charge in [-0.3, -0.25) is 4.79 Å². The predicted molar refractivity (Wildman–Crippen MR) is 119 cm³/mol. The highest BCUT2D eigenvalue weighted by Crippen LogP contribution is 2.29. The molecular formula is C22H31ClN2O5S. The lowest BCUT2D eigenvalue weighted by Gasteiger charge is -2.30. The second-order valence-corrected chi connectivity index (χ2v) is 10.9. The van der Waals surface area contributed by atoms with Crippen molar-refractivity contribution < 1.29 is 22.7 Å². The van der Waals surface area contributed by atoms with Crippen LogP contribution in [0.5, 0.6) is 0 Å². The number of carbonyl (C=O) groups is 2. The van der Waals surface area contributed by atoms with Gasteiger partial charge < -0.3 is 10.1 Å². The molecule has 1 atom stereocenters. The Kier molecular flexibility index (Phi) is 8.36. The number of carbonyl (C=O) groups excluding carboxylic acids is 2. The van der Waals surface area contributed by atoms with Crippen LogP contribution < -0.4 is 5.32 Å². The fourth-order valence-corrected chi connectivity index (χ4v) is 6.34. The molecule has 1 aliphatic heterocycles. The quantitative estimate of drug-likeness (QED) is 0.504. The molecule has 1 saturated carbocycles. The molecule has 3 rings (SSSR count). The average molecular weight is 471 g/mol. The van der Waals surface area contributed by atoms with E-state index >= 15 is 0 Å². The summed E-state index contributed by atoms with van der Waals surface area (Å²) >= 11 is 6.17. The Morgan fingerprint density at radius 3 is 2.52 bits per heavy atom. The molecule has 0 spiro atoms. The third kappa shape index (κ3) is 6.43. The van der Waals surface area contributed by atoms with E-state index in [-0.39, 0.29) is 33.3 Å². The van der Waals surface area contributed by atoms with Crippen LogP contribution in [-0.4, -0.2) is 50.3 Å². The minimum Gasteiger partial charge on any atom is -0.452 e. The van der Waals surface area contributed by atoms with Gasteiger partial charge in [-0.15, -0.1) is 0 Å². The van der Waals surface area contributed by atoms with Gasteiger partial charge in [0.2, 0.25) is 10.0 Å². The summed E-state index contributed by atoms with van der Waals surface area (Å²) in [5.74, 6) is -0.831. The molecule has 0 bridgehead atoms. The number of esters is 1. The van der Waals surface area contributed by atoms with Crippen molar-refractivity contribution in [2.45, 2.75) is 69.2 Å². The van der Waals surface area contributed by atoms with Crippen LogP contribution in [0.1, 0.15) is 68.6 Å². The number of ether oxygens (including phenoxy) is 1. The van der Waals surface area contributed by atoms with Crippen LogP contribution in [0.4, 0.5) is 0 Å². The number of rotatable bonds is 6. The van der Waals surface area contributed by atoms with E-state index in [9.17, 15) is 18.0 Å². The average Bonchev–Trinajstić information content (AvgIpc) is 3.01. The molecule has 1 amide bonds. The number of amides is 1. The zero-order valence-corrected chi connectivity index (χ0v) is 19.5. The summed E-state index contributed by atoms with van der Waals surface area (Å²) in [6.45, 7) is 2.47. The maximum absolute atomic E-state index is 13.1. The predicted octanol–water partition coefficient (Wildman–Crippen LogP) is 3.76. The zero-order chi connectivity index (χ0) is 22.4. The maximum atomic E-state index is 13.1. The number of hydrogen-bond acceptors (Lipinski definition) is 5. The van der Waals surface area contributed by atoms with Gasteiger partial charge in [0.15, 0.2) is 6.61 Å². The van der Waals surface area contributed by atoms with E-state index in [0.29, 0.717) is 13.1 Å². The van der Waals surface area contributed by atoms with Crippen molar-refractivity contribution in [1.82, 2.24) is 9.62 Å². The fraction of sp³-hybridized carbons (Fsp3) is 0.636. The van der Waals surface area contributed by atoms with E-state index in [4.69, 9.17) is 16.3 Å². The zero-order valence-electron chi connectivity index (χ0n) is 17.9. The highest BCUT2D eigenvalue weighted by Gasteiger charge is 2.31. The first-order chi connectivity index (χ1) is 14.8. The largest absolute Gasteiger partial charge is 0.452 e. The smallest absolute Gasteiger partial charge is 0.338 e. The Labute approximate surface area is 189 Å². The Morgan fingerprint density at radius 2 is 1.84 bits per heavy atom. The molecule has 1 aromatic rings. The lowest BCUT2D eigenvalue weighted by molar-refractivity contribution is -0.125. The Balaban J connectivity index is 1.63. The lowest BCUT2D eigenvalue weighted by Crippen LogP contribution is -2.39. The van der Waals surface area contributed by atoms with Gasteiger partial charge in [0.1, 0.15) is 4.90 Å². The van der Waals surface area contributed by atoms with Gasteiger partial charge in [0.25, 0.3) is 5.91 Å². The molecule has 1 N–H and O–H groups in total. The number of sulfonamides is 1. The van der Waals surface area contributed by atoms with Crippen molar-refractivity contribution in [2.24, 2.45) is 5.92 Å². The van der Waals surface area contributed by atoms with Crippen molar-refractivity contribution in [3.05, 3.63) is 28.8 Å². The van der Waals surface area contributed by atoms with E-state index in [1.165, 1.54) is 35.3 Å². The molecule has 1 aliphatic carbocycles. The van der Waals surface area contributed by atoms with Gasteiger partial charge in [-0.2, -0.15) is 4.31 Å². The van der Waals surface area contributed by atoms with Crippen LogP contribution in [0.3, 0.4) is 0 Å². The van der Waals surface area contributed by atoms with Gasteiger partial charge in [0.05, 0.1) is 10.6 Å². The molecule has 0 radical (unpaired) electrons. The summed E-state index contributed by atoms with van der Waals surface area (Å²) in [6, 6.07) is 4.14. The van der Waals surface area contributed by atoms with Crippen molar-refractivity contribution >= 4 is 33.5 Å². The summed E-state index contributed by atoms with van der Waals surface area (Å²) in [6.07, 6.45) is 8.18. The van der Waals surface area contributed by atoms with Crippen molar-refractivity contribution in [1.29, 1.82) is 0 Å². The Hall–Kier alpha value is -1.64. The monoisotopic (exact) mass is 470 g/mol. The molecule has 1 unspecified atom stereocenters. The van der Waals surface area contributed by atoms with Crippen molar-refractivity contribution in [3.8, 4) is 0 Å². The second-order valence-electron chi connectivity index (χ2n) is 8.59. The van der Waals surface area contributed by atoms with Gasteiger partial charge in [-0.05, 0) is 49.8 Å². The third-order valence-electron chi connectivity index (χ3n) is 5.96. The van der Waals surface area contributed by atoms with Crippen molar-refractivity contribution in [3.63, 3.8) is 0 Å². The number of nitrogens with one attached hydrogen (secondary N) is 1. The number of nitrogens with zero attached hydrogens (tertiary/aromatic N) is 1. The minimum absolute atomic E-state index is 0.0512. The minimum atomic E-state index is -3.82. The molecule has 1 aromatic carbocycles. The van der Waals surface area contributed by atoms with Crippen molar-refractivity contribution in [2.75, 3.05) is 19.7 Å². The molecular weight excluding hydrogens is 440 g/mol.